The van der Waals surface area contributed by atoms with Gasteiger partial charge in [0, 0.05) is 31.0 Å². The van der Waals surface area contributed by atoms with E-state index in [9.17, 15) is 14.4 Å². The zero-order chi connectivity index (χ0) is 17.6. The molecule has 126 valence electrons. The number of hydrogen-bond donors (Lipinski definition) is 1. The molecule has 0 fully saturated rings. The lowest BCUT2D eigenvalue weighted by molar-refractivity contribution is -0.139. The Bertz CT molecular complexity index is 797. The number of fused-ring (bicyclic) bond motifs is 2. The number of amides is 3. The number of halogens is 1. The van der Waals surface area contributed by atoms with Gasteiger partial charge in [0.2, 0.25) is 16.7 Å². The van der Waals surface area contributed by atoms with Crippen molar-refractivity contribution in [3.05, 3.63) is 28.8 Å². The first-order chi connectivity index (χ1) is 11.3. The second-order valence-electron chi connectivity index (χ2n) is 5.37. The molecule has 0 aromatic heterocycles. The molecule has 0 unspecified atom stereocenters. The molecule has 2 heterocycles. The smallest absolute Gasteiger partial charge is 0.270 e. The van der Waals surface area contributed by atoms with Gasteiger partial charge in [-0.1, -0.05) is 11.6 Å². The summed E-state index contributed by atoms with van der Waals surface area (Å²) in [5, 5.41) is 8.48. The monoisotopic (exact) mass is 366 g/mol. The summed E-state index contributed by atoms with van der Waals surface area (Å²) >= 11 is 7.16. The summed E-state index contributed by atoms with van der Waals surface area (Å²) in [6.07, 6.45) is 0. The molecule has 24 heavy (non-hydrogen) atoms. The van der Waals surface area contributed by atoms with Crippen LogP contribution in [0, 0.1) is 0 Å². The summed E-state index contributed by atoms with van der Waals surface area (Å²) in [5.41, 5.74) is 1.27. The van der Waals surface area contributed by atoms with E-state index < -0.39 is 10.8 Å². The fraction of sp³-hybridized carbons (Fsp3) is 0.333. The molecule has 0 aliphatic carbocycles. The summed E-state index contributed by atoms with van der Waals surface area (Å²) < 4.78 is 0. The van der Waals surface area contributed by atoms with Gasteiger partial charge in [-0.2, -0.15) is 5.01 Å². The van der Waals surface area contributed by atoms with E-state index in [1.54, 1.807) is 23.1 Å². The second kappa shape index (κ2) is 5.78. The fourth-order valence-electron chi connectivity index (χ4n) is 2.90. The van der Waals surface area contributed by atoms with Crippen molar-refractivity contribution >= 4 is 51.9 Å². The standard InChI is InChI=1S/C15H15ClN4O3S/c1-4-19-12-6-5-10(16)7-11(12)15(13(19)23)20(9(3)22)18-14(24-15)17-8(2)21/h5-7H,4H2,1-3H3,(H,17,18,21)/t15-/m0/s1. The Morgan fingerprint density at radius 1 is 1.38 bits per heavy atom. The number of hydrogen-bond acceptors (Lipinski definition) is 5. The largest absolute Gasteiger partial charge is 0.309 e. The third kappa shape index (κ3) is 2.29. The summed E-state index contributed by atoms with van der Waals surface area (Å²) in [5.74, 6) is -1.02. The summed E-state index contributed by atoms with van der Waals surface area (Å²) in [6, 6.07) is 5.12. The molecule has 0 bridgehead atoms. The molecule has 3 rings (SSSR count). The van der Waals surface area contributed by atoms with Crippen molar-refractivity contribution in [2.75, 3.05) is 11.4 Å². The Morgan fingerprint density at radius 3 is 2.67 bits per heavy atom. The van der Waals surface area contributed by atoms with Crippen molar-refractivity contribution in [1.82, 2.24) is 10.3 Å². The number of carbonyl (C=O) groups excluding carboxylic acids is 3. The highest BCUT2D eigenvalue weighted by Crippen LogP contribution is 2.54. The van der Waals surface area contributed by atoms with E-state index in [-0.39, 0.29) is 17.0 Å². The predicted molar refractivity (Wildman–Crippen MR) is 92.5 cm³/mol. The lowest BCUT2D eigenvalue weighted by Crippen LogP contribution is -2.48. The molecule has 9 heteroatoms. The minimum atomic E-state index is -1.38. The number of hydrazone groups is 1. The summed E-state index contributed by atoms with van der Waals surface area (Å²) in [7, 11) is 0. The fourth-order valence-corrected chi connectivity index (χ4v) is 4.39. The van der Waals surface area contributed by atoms with Gasteiger partial charge in [-0.05, 0) is 36.9 Å². The van der Waals surface area contributed by atoms with Crippen LogP contribution in [0.5, 0.6) is 0 Å². The summed E-state index contributed by atoms with van der Waals surface area (Å²) in [4.78, 5) is 36.9. The predicted octanol–water partition coefficient (Wildman–Crippen LogP) is 1.86. The molecule has 2 aliphatic rings. The molecule has 1 aromatic rings. The van der Waals surface area contributed by atoms with Crippen LogP contribution in [-0.2, 0) is 19.3 Å². The van der Waals surface area contributed by atoms with Crippen LogP contribution in [0.3, 0.4) is 0 Å². The Labute approximate surface area is 148 Å². The maximum absolute atomic E-state index is 13.2. The molecule has 0 saturated carbocycles. The first kappa shape index (κ1) is 16.8. The van der Waals surface area contributed by atoms with Crippen LogP contribution >= 0.6 is 23.4 Å². The minimum absolute atomic E-state index is 0.204. The molecular weight excluding hydrogens is 352 g/mol. The van der Waals surface area contributed by atoms with Crippen molar-refractivity contribution in [2.24, 2.45) is 5.10 Å². The minimum Gasteiger partial charge on any atom is -0.309 e. The molecule has 1 N–H and O–H groups in total. The van der Waals surface area contributed by atoms with Crippen molar-refractivity contribution < 1.29 is 14.4 Å². The van der Waals surface area contributed by atoms with E-state index in [0.29, 0.717) is 22.8 Å². The number of nitrogens with zero attached hydrogens (tertiary/aromatic N) is 3. The van der Waals surface area contributed by atoms with Crippen molar-refractivity contribution in [3.63, 3.8) is 0 Å². The average Bonchev–Trinajstić information content (AvgIpc) is 2.98. The van der Waals surface area contributed by atoms with Gasteiger partial charge in [0.05, 0.1) is 5.69 Å². The van der Waals surface area contributed by atoms with E-state index >= 15 is 0 Å². The van der Waals surface area contributed by atoms with Crippen molar-refractivity contribution in [3.8, 4) is 0 Å². The van der Waals surface area contributed by atoms with Crippen LogP contribution in [0.4, 0.5) is 5.69 Å². The van der Waals surface area contributed by atoms with Crippen molar-refractivity contribution in [1.29, 1.82) is 0 Å². The van der Waals surface area contributed by atoms with Gasteiger partial charge >= 0.3 is 0 Å². The second-order valence-corrected chi connectivity index (χ2v) is 6.99. The number of benzene rings is 1. The first-order valence-corrected chi connectivity index (χ1v) is 8.48. The lowest BCUT2D eigenvalue weighted by Gasteiger charge is -2.29. The Hall–Kier alpha value is -2.06. The lowest BCUT2D eigenvalue weighted by atomic mass is 10.1. The topological polar surface area (TPSA) is 82.1 Å². The van der Waals surface area contributed by atoms with E-state index in [1.807, 2.05) is 6.92 Å². The molecule has 0 radical (unpaired) electrons. The number of likely N-dealkylation sites (N-methyl/N-ethyl adjacent to an activating group) is 1. The molecule has 7 nitrogen and oxygen atoms in total. The highest BCUT2D eigenvalue weighted by Gasteiger charge is 2.60. The van der Waals surface area contributed by atoms with Crippen LogP contribution in [0.15, 0.2) is 23.3 Å². The van der Waals surface area contributed by atoms with E-state index in [1.165, 1.54) is 13.8 Å². The van der Waals surface area contributed by atoms with Crippen LogP contribution in [0.25, 0.3) is 0 Å². The molecule has 0 saturated heterocycles. The van der Waals surface area contributed by atoms with Crippen LogP contribution in [0.1, 0.15) is 26.3 Å². The van der Waals surface area contributed by atoms with E-state index in [0.717, 1.165) is 16.8 Å². The van der Waals surface area contributed by atoms with Gasteiger partial charge in [0.1, 0.15) is 0 Å². The molecule has 1 aromatic carbocycles. The van der Waals surface area contributed by atoms with E-state index in [4.69, 9.17) is 11.6 Å². The van der Waals surface area contributed by atoms with Gasteiger partial charge in [0.25, 0.3) is 5.91 Å². The van der Waals surface area contributed by atoms with Gasteiger partial charge in [-0.3, -0.25) is 14.4 Å². The highest BCUT2D eigenvalue weighted by atomic mass is 35.5. The number of rotatable bonds is 1. The third-order valence-electron chi connectivity index (χ3n) is 3.78. The van der Waals surface area contributed by atoms with Crippen molar-refractivity contribution in [2.45, 2.75) is 25.6 Å². The Balaban J connectivity index is 2.19. The molecule has 1 atom stereocenters. The Kier molecular flexibility index (Phi) is 4.05. The zero-order valence-corrected chi connectivity index (χ0v) is 14.9. The number of amidine groups is 1. The van der Waals surface area contributed by atoms with Crippen LogP contribution < -0.4 is 10.2 Å². The van der Waals surface area contributed by atoms with Gasteiger partial charge in [-0.25, -0.2) is 0 Å². The SMILES string of the molecule is CCN1C(=O)[C@@]2(SC(NC(C)=O)=NN2C(C)=O)c2cc(Cl)ccc21. The normalized spacial score (nSPS) is 22.0. The maximum Gasteiger partial charge on any atom is 0.270 e. The highest BCUT2D eigenvalue weighted by molar-refractivity contribution is 8.15. The van der Waals surface area contributed by atoms with Crippen LogP contribution in [0.2, 0.25) is 5.02 Å². The Morgan fingerprint density at radius 2 is 2.08 bits per heavy atom. The van der Waals surface area contributed by atoms with Crippen LogP contribution in [-0.4, -0.2) is 34.4 Å². The van der Waals surface area contributed by atoms with Gasteiger partial charge in [0.15, 0.2) is 5.17 Å². The third-order valence-corrected chi connectivity index (χ3v) is 5.26. The maximum atomic E-state index is 13.2. The van der Waals surface area contributed by atoms with Gasteiger partial charge in [-0.15, -0.1) is 5.10 Å². The molecular formula is C15H15ClN4O3S. The average molecular weight is 367 g/mol. The zero-order valence-electron chi connectivity index (χ0n) is 13.3. The first-order valence-electron chi connectivity index (χ1n) is 7.29. The summed E-state index contributed by atoms with van der Waals surface area (Å²) in [6.45, 7) is 4.96. The van der Waals surface area contributed by atoms with E-state index in [2.05, 4.69) is 10.4 Å². The molecule has 1 spiro atoms. The quantitative estimate of drug-likeness (QED) is 0.822. The number of thioether (sulfide) groups is 1. The number of anilines is 1. The van der Waals surface area contributed by atoms with Gasteiger partial charge < -0.3 is 10.2 Å². The number of nitrogens with one attached hydrogen (secondary N) is 1. The number of carbonyl (C=O) groups is 3. The molecule has 3 amide bonds. The molecule has 2 aliphatic heterocycles.